The fourth-order valence-electron chi connectivity index (χ4n) is 3.69. The fraction of sp³-hybridized carbons (Fsp3) is 1.00. The largest absolute Gasteiger partial charge is 0.314 e. The van der Waals surface area contributed by atoms with Gasteiger partial charge in [-0.2, -0.15) is 0 Å². The molecule has 126 valence electrons. The molecule has 21 heavy (non-hydrogen) atoms. The summed E-state index contributed by atoms with van der Waals surface area (Å²) in [5.41, 5.74) is 0. The lowest BCUT2D eigenvalue weighted by Gasteiger charge is -2.28. The van der Waals surface area contributed by atoms with Crippen molar-refractivity contribution in [1.29, 1.82) is 0 Å². The van der Waals surface area contributed by atoms with Gasteiger partial charge in [-0.3, -0.25) is 0 Å². The summed E-state index contributed by atoms with van der Waals surface area (Å²) in [4.78, 5) is 0. The van der Waals surface area contributed by atoms with Crippen molar-refractivity contribution >= 4 is 0 Å². The van der Waals surface area contributed by atoms with E-state index >= 15 is 0 Å². The fourth-order valence-corrected chi connectivity index (χ4v) is 3.69. The average Bonchev–Trinajstić information content (AvgIpc) is 2.53. The molecule has 1 heteroatoms. The Morgan fingerprint density at radius 1 is 0.667 bits per heavy atom. The van der Waals surface area contributed by atoms with Crippen molar-refractivity contribution in [3.63, 3.8) is 0 Å². The van der Waals surface area contributed by atoms with E-state index in [4.69, 9.17) is 0 Å². The highest BCUT2D eigenvalue weighted by atomic mass is 14.9. The topological polar surface area (TPSA) is 12.0 Å². The number of hydrogen-bond donors (Lipinski definition) is 1. The van der Waals surface area contributed by atoms with Gasteiger partial charge in [0.05, 0.1) is 0 Å². The minimum Gasteiger partial charge on any atom is -0.314 e. The van der Waals surface area contributed by atoms with E-state index in [9.17, 15) is 0 Å². The van der Waals surface area contributed by atoms with Gasteiger partial charge in [-0.25, -0.2) is 0 Å². The number of rotatable bonds is 13. The Bertz CT molecular complexity index is 206. The Morgan fingerprint density at radius 2 is 1.19 bits per heavy atom. The third-order valence-corrected chi connectivity index (χ3v) is 5.39. The molecule has 0 spiro atoms. The summed E-state index contributed by atoms with van der Waals surface area (Å²) in [5, 5.41) is 3.79. The number of nitrogens with one attached hydrogen (secondary N) is 1. The average molecular weight is 296 g/mol. The molecule has 1 fully saturated rings. The van der Waals surface area contributed by atoms with Gasteiger partial charge in [0.25, 0.3) is 0 Å². The first kappa shape index (κ1) is 19.0. The van der Waals surface area contributed by atoms with Crippen molar-refractivity contribution < 1.29 is 0 Å². The lowest BCUT2D eigenvalue weighted by molar-refractivity contribution is 0.285. The van der Waals surface area contributed by atoms with Crippen LogP contribution in [0, 0.1) is 5.92 Å². The van der Waals surface area contributed by atoms with Gasteiger partial charge < -0.3 is 5.32 Å². The Kier molecular flexibility index (Phi) is 12.3. The maximum Gasteiger partial charge on any atom is 0.00672 e. The zero-order valence-corrected chi connectivity index (χ0v) is 15.0. The highest BCUT2D eigenvalue weighted by molar-refractivity contribution is 4.76. The van der Waals surface area contributed by atoms with Gasteiger partial charge in [0, 0.05) is 6.04 Å². The van der Waals surface area contributed by atoms with Crippen LogP contribution in [0.15, 0.2) is 0 Å². The molecule has 1 nitrogen and oxygen atoms in total. The van der Waals surface area contributed by atoms with Gasteiger partial charge in [0.1, 0.15) is 0 Å². The maximum atomic E-state index is 3.79. The van der Waals surface area contributed by atoms with Gasteiger partial charge in [-0.15, -0.1) is 0 Å². The van der Waals surface area contributed by atoms with Crippen LogP contribution in [0.5, 0.6) is 0 Å². The van der Waals surface area contributed by atoms with Crippen LogP contribution in [-0.4, -0.2) is 12.6 Å². The Hall–Kier alpha value is -0.0400. The molecule has 0 heterocycles. The summed E-state index contributed by atoms with van der Waals surface area (Å²) in [6.45, 7) is 5.91. The van der Waals surface area contributed by atoms with E-state index in [2.05, 4.69) is 19.2 Å². The van der Waals surface area contributed by atoms with E-state index in [0.29, 0.717) is 0 Å². The predicted molar refractivity (Wildman–Crippen MR) is 95.9 cm³/mol. The van der Waals surface area contributed by atoms with Crippen molar-refractivity contribution in [2.45, 2.75) is 116 Å². The molecule has 0 atom stereocenters. The van der Waals surface area contributed by atoms with Gasteiger partial charge in [-0.1, -0.05) is 78.1 Å². The predicted octanol–water partition coefficient (Wildman–Crippen LogP) is 6.47. The van der Waals surface area contributed by atoms with Gasteiger partial charge in [0.2, 0.25) is 0 Å². The first-order chi connectivity index (χ1) is 10.4. The monoisotopic (exact) mass is 295 g/mol. The molecule has 1 N–H and O–H groups in total. The SMILES string of the molecule is CCCCCCCCCCCCNC1CCC(CC)CC1. The molecule has 0 radical (unpaired) electrons. The van der Waals surface area contributed by atoms with E-state index in [-0.39, 0.29) is 0 Å². The van der Waals surface area contributed by atoms with Crippen LogP contribution < -0.4 is 5.32 Å². The van der Waals surface area contributed by atoms with Crippen LogP contribution >= 0.6 is 0 Å². The second kappa shape index (κ2) is 13.6. The van der Waals surface area contributed by atoms with E-state index in [0.717, 1.165) is 12.0 Å². The standard InChI is InChI=1S/C20H41N/c1-3-5-6-7-8-9-10-11-12-13-18-21-20-16-14-19(4-2)15-17-20/h19-21H,3-18H2,1-2H3. The van der Waals surface area contributed by atoms with Gasteiger partial charge in [-0.05, 0) is 44.6 Å². The lowest BCUT2D eigenvalue weighted by Crippen LogP contribution is -2.33. The minimum absolute atomic E-state index is 0.839. The third-order valence-electron chi connectivity index (χ3n) is 5.39. The Labute approximate surface area is 134 Å². The zero-order valence-electron chi connectivity index (χ0n) is 15.0. The normalized spacial score (nSPS) is 22.6. The van der Waals surface area contributed by atoms with Crippen LogP contribution in [0.3, 0.4) is 0 Å². The van der Waals surface area contributed by atoms with Crippen LogP contribution in [-0.2, 0) is 0 Å². The molecule has 1 rings (SSSR count). The minimum atomic E-state index is 0.839. The molecule has 0 aromatic heterocycles. The van der Waals surface area contributed by atoms with Crippen molar-refractivity contribution in [1.82, 2.24) is 5.32 Å². The van der Waals surface area contributed by atoms with Gasteiger partial charge in [0.15, 0.2) is 0 Å². The van der Waals surface area contributed by atoms with E-state index in [1.54, 1.807) is 0 Å². The molecule has 0 unspecified atom stereocenters. The van der Waals surface area contributed by atoms with Crippen molar-refractivity contribution in [3.05, 3.63) is 0 Å². The molecule has 0 amide bonds. The van der Waals surface area contributed by atoms with E-state index in [1.165, 1.54) is 103 Å². The van der Waals surface area contributed by atoms with E-state index < -0.39 is 0 Å². The molecule has 0 aromatic rings. The molecule has 0 bridgehead atoms. The Morgan fingerprint density at radius 3 is 1.71 bits per heavy atom. The molecular weight excluding hydrogens is 254 g/mol. The zero-order chi connectivity index (χ0) is 15.2. The molecule has 0 saturated heterocycles. The van der Waals surface area contributed by atoms with Crippen molar-refractivity contribution in [2.24, 2.45) is 5.92 Å². The summed E-state index contributed by atoms with van der Waals surface area (Å²) in [5.74, 6) is 1.03. The summed E-state index contributed by atoms with van der Waals surface area (Å²) in [6.07, 6.45) is 21.6. The van der Waals surface area contributed by atoms with Crippen molar-refractivity contribution in [3.8, 4) is 0 Å². The van der Waals surface area contributed by atoms with Crippen LogP contribution in [0.25, 0.3) is 0 Å². The Balaban J connectivity index is 1.77. The molecule has 1 aliphatic carbocycles. The highest BCUT2D eigenvalue weighted by Gasteiger charge is 2.18. The van der Waals surface area contributed by atoms with Crippen LogP contribution in [0.1, 0.15) is 110 Å². The quantitative estimate of drug-likeness (QED) is 0.384. The summed E-state index contributed by atoms with van der Waals surface area (Å²) < 4.78 is 0. The second-order valence-corrected chi connectivity index (χ2v) is 7.26. The lowest BCUT2D eigenvalue weighted by atomic mass is 9.84. The van der Waals surface area contributed by atoms with E-state index in [1.807, 2.05) is 0 Å². The second-order valence-electron chi connectivity index (χ2n) is 7.26. The molecule has 1 saturated carbocycles. The number of hydrogen-bond acceptors (Lipinski definition) is 1. The maximum absolute atomic E-state index is 3.79. The van der Waals surface area contributed by atoms with Crippen LogP contribution in [0.2, 0.25) is 0 Å². The molecule has 0 aromatic carbocycles. The summed E-state index contributed by atoms with van der Waals surface area (Å²) >= 11 is 0. The first-order valence-corrected chi connectivity index (χ1v) is 10.1. The van der Waals surface area contributed by atoms with Crippen molar-refractivity contribution in [2.75, 3.05) is 6.54 Å². The number of unbranched alkanes of at least 4 members (excludes halogenated alkanes) is 9. The smallest absolute Gasteiger partial charge is 0.00672 e. The van der Waals surface area contributed by atoms with Crippen LogP contribution in [0.4, 0.5) is 0 Å². The summed E-state index contributed by atoms with van der Waals surface area (Å²) in [6, 6.07) is 0.839. The first-order valence-electron chi connectivity index (χ1n) is 10.1. The molecule has 1 aliphatic rings. The van der Waals surface area contributed by atoms with Gasteiger partial charge >= 0.3 is 0 Å². The third kappa shape index (κ3) is 10.3. The highest BCUT2D eigenvalue weighted by Crippen LogP contribution is 2.26. The summed E-state index contributed by atoms with van der Waals surface area (Å²) in [7, 11) is 0. The molecule has 0 aliphatic heterocycles. The molecular formula is C20H41N.